The van der Waals surface area contributed by atoms with Crippen LogP contribution < -0.4 is 10.1 Å². The number of rotatable bonds is 7. The third-order valence-corrected chi connectivity index (χ3v) is 4.69. The normalized spacial score (nSPS) is 16.2. The van der Waals surface area contributed by atoms with Crippen LogP contribution in [0, 0.1) is 12.8 Å². The molecule has 0 spiro atoms. The molecule has 2 heterocycles. The van der Waals surface area contributed by atoms with E-state index in [1.54, 1.807) is 30.6 Å². The zero-order valence-electron chi connectivity index (χ0n) is 16.4. The molecule has 8 nitrogen and oxygen atoms in total. The summed E-state index contributed by atoms with van der Waals surface area (Å²) >= 11 is 0. The van der Waals surface area contributed by atoms with Gasteiger partial charge in [0.2, 0.25) is 11.8 Å². The number of ether oxygens (including phenoxy) is 2. The lowest BCUT2D eigenvalue weighted by Crippen LogP contribution is -2.43. The smallest absolute Gasteiger partial charge is 0.261 e. The molecule has 0 radical (unpaired) electrons. The van der Waals surface area contributed by atoms with Crippen LogP contribution in [0.15, 0.2) is 0 Å². The van der Waals surface area contributed by atoms with E-state index in [0.29, 0.717) is 36.0 Å². The molecule has 2 rings (SSSR count). The molecular formula is C18H30N4O4. The maximum absolute atomic E-state index is 12.8. The molecule has 0 bridgehead atoms. The van der Waals surface area contributed by atoms with E-state index in [0.717, 1.165) is 26.1 Å². The van der Waals surface area contributed by atoms with Crippen molar-refractivity contribution in [2.75, 3.05) is 33.9 Å². The molecule has 1 aliphatic rings. The highest BCUT2D eigenvalue weighted by Gasteiger charge is 2.25. The highest BCUT2D eigenvalue weighted by molar-refractivity contribution is 5.97. The third-order valence-electron chi connectivity index (χ3n) is 4.69. The largest absolute Gasteiger partial charge is 0.481 e. The van der Waals surface area contributed by atoms with Crippen molar-refractivity contribution < 1.29 is 19.1 Å². The van der Waals surface area contributed by atoms with E-state index < -0.39 is 0 Å². The fraction of sp³-hybridized carbons (Fsp3) is 0.722. The van der Waals surface area contributed by atoms with Crippen LogP contribution in [-0.2, 0) is 16.6 Å². The summed E-state index contributed by atoms with van der Waals surface area (Å²) in [6.07, 6.45) is 2.38. The van der Waals surface area contributed by atoms with E-state index in [4.69, 9.17) is 9.47 Å². The van der Waals surface area contributed by atoms with E-state index in [9.17, 15) is 9.59 Å². The fourth-order valence-electron chi connectivity index (χ4n) is 3.39. The maximum atomic E-state index is 12.8. The van der Waals surface area contributed by atoms with Gasteiger partial charge in [0.15, 0.2) is 0 Å². The summed E-state index contributed by atoms with van der Waals surface area (Å²) < 4.78 is 12.2. The maximum Gasteiger partial charge on any atom is 0.261 e. The van der Waals surface area contributed by atoms with Crippen molar-refractivity contribution in [2.45, 2.75) is 39.2 Å². The molecule has 8 heteroatoms. The quantitative estimate of drug-likeness (QED) is 0.782. The van der Waals surface area contributed by atoms with Gasteiger partial charge < -0.3 is 19.7 Å². The average molecular weight is 366 g/mol. The van der Waals surface area contributed by atoms with Gasteiger partial charge in [-0.15, -0.1) is 0 Å². The first-order valence-electron chi connectivity index (χ1n) is 9.03. The Morgan fingerprint density at radius 3 is 2.69 bits per heavy atom. The second-order valence-electron chi connectivity index (χ2n) is 7.01. The molecule has 1 aliphatic heterocycles. The number of methoxy groups -OCH3 is 1. The minimum atomic E-state index is -0.169. The van der Waals surface area contributed by atoms with Crippen LogP contribution in [0.2, 0.25) is 0 Å². The lowest BCUT2D eigenvalue weighted by molar-refractivity contribution is -0.123. The van der Waals surface area contributed by atoms with Gasteiger partial charge >= 0.3 is 0 Å². The van der Waals surface area contributed by atoms with Crippen LogP contribution in [0.4, 0.5) is 0 Å². The Hall–Kier alpha value is -2.09. The number of hydrogen-bond donors (Lipinski definition) is 1. The van der Waals surface area contributed by atoms with Crippen LogP contribution >= 0.6 is 0 Å². The second kappa shape index (κ2) is 9.02. The van der Waals surface area contributed by atoms with Crippen LogP contribution in [0.5, 0.6) is 5.88 Å². The molecule has 1 unspecified atom stereocenters. The third kappa shape index (κ3) is 4.97. The van der Waals surface area contributed by atoms with Gasteiger partial charge in [-0.3, -0.25) is 9.59 Å². The van der Waals surface area contributed by atoms with Crippen molar-refractivity contribution in [3.63, 3.8) is 0 Å². The molecule has 1 N–H and O–H groups in total. The van der Waals surface area contributed by atoms with Gasteiger partial charge in [-0.05, 0) is 32.6 Å². The lowest BCUT2D eigenvalue weighted by atomic mass is 9.96. The van der Waals surface area contributed by atoms with E-state index in [-0.39, 0.29) is 17.9 Å². The number of nitrogens with one attached hydrogen (secondary N) is 1. The SMILES string of the molecule is COc1c(C(=O)N(C)CC(C)NC(=O)CC2CCOCC2)c(C)nn1C. The van der Waals surface area contributed by atoms with E-state index in [1.807, 2.05) is 6.92 Å². The van der Waals surface area contributed by atoms with Crippen molar-refractivity contribution in [3.8, 4) is 5.88 Å². The van der Waals surface area contributed by atoms with Gasteiger partial charge in [0, 0.05) is 46.3 Å². The molecule has 2 amide bonds. The predicted molar refractivity (Wildman–Crippen MR) is 97.2 cm³/mol. The first-order chi connectivity index (χ1) is 12.3. The molecule has 1 atom stereocenters. The standard InChI is InChI=1S/C18H30N4O4/c1-12(19-15(23)10-14-6-8-26-9-7-14)11-21(3)17(24)16-13(2)20-22(4)18(16)25-5/h12,14H,6-11H2,1-5H3,(H,19,23). The highest BCUT2D eigenvalue weighted by atomic mass is 16.5. The van der Waals surface area contributed by atoms with E-state index in [1.165, 1.54) is 7.11 Å². The number of carbonyl (C=O) groups is 2. The molecule has 1 aromatic rings. The number of nitrogens with zero attached hydrogens (tertiary/aromatic N) is 3. The summed E-state index contributed by atoms with van der Waals surface area (Å²) in [5.41, 5.74) is 1.08. The van der Waals surface area contributed by atoms with Gasteiger partial charge in [0.25, 0.3) is 5.91 Å². The Labute approximate surface area is 154 Å². The van der Waals surface area contributed by atoms with Crippen molar-refractivity contribution >= 4 is 11.8 Å². The Kier molecular flexibility index (Phi) is 7.02. The van der Waals surface area contributed by atoms with Crippen molar-refractivity contribution in [2.24, 2.45) is 13.0 Å². The van der Waals surface area contributed by atoms with Crippen molar-refractivity contribution in [3.05, 3.63) is 11.3 Å². The monoisotopic (exact) mass is 366 g/mol. The lowest BCUT2D eigenvalue weighted by Gasteiger charge is -2.25. The number of likely N-dealkylation sites (N-methyl/N-ethyl adjacent to an activating group) is 1. The van der Waals surface area contributed by atoms with Crippen molar-refractivity contribution in [1.82, 2.24) is 20.0 Å². The fourth-order valence-corrected chi connectivity index (χ4v) is 3.39. The summed E-state index contributed by atoms with van der Waals surface area (Å²) in [4.78, 5) is 26.6. The van der Waals surface area contributed by atoms with E-state index in [2.05, 4.69) is 10.4 Å². The highest BCUT2D eigenvalue weighted by Crippen LogP contribution is 2.22. The zero-order chi connectivity index (χ0) is 19.3. The van der Waals surface area contributed by atoms with Gasteiger partial charge in [0.05, 0.1) is 12.8 Å². The molecule has 1 fully saturated rings. The minimum Gasteiger partial charge on any atom is -0.481 e. The Morgan fingerprint density at radius 1 is 1.42 bits per heavy atom. The predicted octanol–water partition coefficient (Wildman–Crippen LogP) is 1.13. The summed E-state index contributed by atoms with van der Waals surface area (Å²) in [7, 11) is 4.98. The van der Waals surface area contributed by atoms with Crippen LogP contribution in [0.25, 0.3) is 0 Å². The minimum absolute atomic E-state index is 0.0281. The number of hydrogen-bond acceptors (Lipinski definition) is 5. The zero-order valence-corrected chi connectivity index (χ0v) is 16.4. The van der Waals surface area contributed by atoms with Gasteiger partial charge in [-0.2, -0.15) is 5.10 Å². The Bertz CT molecular complexity index is 637. The number of carbonyl (C=O) groups excluding carboxylic acids is 2. The number of amides is 2. The summed E-state index contributed by atoms with van der Waals surface area (Å²) in [5.74, 6) is 0.687. The Balaban J connectivity index is 1.88. The summed E-state index contributed by atoms with van der Waals surface area (Å²) in [6.45, 7) is 5.56. The van der Waals surface area contributed by atoms with Gasteiger partial charge in [0.1, 0.15) is 5.56 Å². The van der Waals surface area contributed by atoms with Crippen LogP contribution in [-0.4, -0.2) is 66.5 Å². The molecule has 1 aromatic heterocycles. The van der Waals surface area contributed by atoms with Crippen LogP contribution in [0.1, 0.15) is 42.2 Å². The summed E-state index contributed by atoms with van der Waals surface area (Å²) in [6, 6.07) is -0.140. The van der Waals surface area contributed by atoms with Crippen molar-refractivity contribution in [1.29, 1.82) is 0 Å². The van der Waals surface area contributed by atoms with Gasteiger partial charge in [-0.1, -0.05) is 0 Å². The molecule has 1 saturated heterocycles. The Morgan fingerprint density at radius 2 is 2.08 bits per heavy atom. The molecule has 0 saturated carbocycles. The summed E-state index contributed by atoms with van der Waals surface area (Å²) in [5, 5.41) is 7.23. The molecule has 0 aliphatic carbocycles. The number of aryl methyl sites for hydroxylation is 2. The van der Waals surface area contributed by atoms with Crippen LogP contribution in [0.3, 0.4) is 0 Å². The second-order valence-corrected chi connectivity index (χ2v) is 7.01. The molecule has 26 heavy (non-hydrogen) atoms. The first kappa shape index (κ1) is 20.2. The topological polar surface area (TPSA) is 85.7 Å². The number of aromatic nitrogens is 2. The van der Waals surface area contributed by atoms with E-state index >= 15 is 0 Å². The molecule has 0 aromatic carbocycles. The molecular weight excluding hydrogens is 336 g/mol. The average Bonchev–Trinajstić information content (AvgIpc) is 2.87. The molecule has 146 valence electrons. The van der Waals surface area contributed by atoms with Gasteiger partial charge in [-0.25, -0.2) is 4.68 Å². The first-order valence-corrected chi connectivity index (χ1v) is 9.03.